The number of hydrogen-bond acceptors (Lipinski definition) is 5. The highest BCUT2D eigenvalue weighted by Crippen LogP contribution is 1.99. The molecule has 0 saturated carbocycles. The first kappa shape index (κ1) is 9.85. The molecule has 0 amide bonds. The van der Waals surface area contributed by atoms with Gasteiger partial charge in [0.25, 0.3) is 12.4 Å². The fraction of sp³-hybridized carbons (Fsp3) is 0.667. The quantitative estimate of drug-likeness (QED) is 0.688. The van der Waals surface area contributed by atoms with E-state index in [-0.39, 0.29) is 24.9 Å². The second-order valence-corrected chi connectivity index (χ2v) is 2.26. The van der Waals surface area contributed by atoms with Crippen LogP contribution in [0, 0.1) is 0 Å². The van der Waals surface area contributed by atoms with E-state index >= 15 is 0 Å². The average molecular weight is 193 g/mol. The molecule has 0 atom stereocenters. The minimum absolute atomic E-state index is 0.0314. The average Bonchev–Trinajstić information content (AvgIpc) is 2.45. The lowest BCUT2D eigenvalue weighted by Gasteiger charge is -1.99. The van der Waals surface area contributed by atoms with Crippen molar-refractivity contribution in [2.75, 3.05) is 18.9 Å². The molecule has 0 bridgehead atoms. The van der Waals surface area contributed by atoms with Crippen molar-refractivity contribution in [1.29, 1.82) is 0 Å². The second-order valence-electron chi connectivity index (χ2n) is 2.26. The van der Waals surface area contributed by atoms with Gasteiger partial charge in [-0.1, -0.05) is 0 Å². The Hall–Kier alpha value is -1.24. The van der Waals surface area contributed by atoms with Crippen molar-refractivity contribution in [1.82, 2.24) is 10.1 Å². The van der Waals surface area contributed by atoms with Gasteiger partial charge in [-0.15, -0.1) is 0 Å². The largest absolute Gasteiger partial charge is 0.375 e. The van der Waals surface area contributed by atoms with Crippen molar-refractivity contribution in [3.05, 3.63) is 5.89 Å². The minimum Gasteiger partial charge on any atom is -0.375 e. The molecule has 13 heavy (non-hydrogen) atoms. The maximum atomic E-state index is 11.6. The third-order valence-electron chi connectivity index (χ3n) is 1.19. The lowest BCUT2D eigenvalue weighted by atomic mass is 10.4. The molecule has 0 radical (unpaired) electrons. The minimum atomic E-state index is -2.45. The molecule has 0 aliphatic heterocycles. The summed E-state index contributed by atoms with van der Waals surface area (Å²) in [6.07, 6.45) is -2.16. The van der Waals surface area contributed by atoms with Gasteiger partial charge >= 0.3 is 0 Å². The first-order valence-corrected chi connectivity index (χ1v) is 3.62. The molecule has 0 saturated heterocycles. The van der Waals surface area contributed by atoms with Crippen LogP contribution >= 0.6 is 0 Å². The van der Waals surface area contributed by atoms with Crippen LogP contribution in [0.25, 0.3) is 0 Å². The predicted molar refractivity (Wildman–Crippen MR) is 39.2 cm³/mol. The van der Waals surface area contributed by atoms with Crippen molar-refractivity contribution in [3.63, 3.8) is 0 Å². The normalized spacial score (nSPS) is 11.0. The molecule has 1 heterocycles. The molecule has 0 spiro atoms. The molecule has 1 aromatic heterocycles. The highest BCUT2D eigenvalue weighted by molar-refractivity contribution is 5.10. The van der Waals surface area contributed by atoms with E-state index in [1.165, 1.54) is 0 Å². The molecule has 2 N–H and O–H groups in total. The van der Waals surface area contributed by atoms with Gasteiger partial charge in [0.05, 0.1) is 13.0 Å². The topological polar surface area (TPSA) is 74.2 Å². The Morgan fingerprint density at radius 3 is 2.85 bits per heavy atom. The van der Waals surface area contributed by atoms with E-state index < -0.39 is 13.0 Å². The Morgan fingerprint density at radius 2 is 2.31 bits per heavy atom. The summed E-state index contributed by atoms with van der Waals surface area (Å²) in [5.74, 6) is 0.315. The smallest absolute Gasteiger partial charge is 0.261 e. The van der Waals surface area contributed by atoms with Crippen molar-refractivity contribution >= 4 is 5.95 Å². The summed E-state index contributed by atoms with van der Waals surface area (Å²) in [5, 5.41) is 3.32. The van der Waals surface area contributed by atoms with E-state index in [4.69, 9.17) is 5.73 Å². The summed E-state index contributed by atoms with van der Waals surface area (Å²) in [6.45, 7) is -0.463. The summed E-state index contributed by atoms with van der Waals surface area (Å²) in [5.41, 5.74) is 5.15. The molecule has 1 rings (SSSR count). The monoisotopic (exact) mass is 193 g/mol. The van der Waals surface area contributed by atoms with Gasteiger partial charge in [0.15, 0.2) is 0 Å². The number of aromatic nitrogens is 2. The van der Waals surface area contributed by atoms with Crippen molar-refractivity contribution in [2.24, 2.45) is 0 Å². The molecule has 7 heteroatoms. The van der Waals surface area contributed by atoms with E-state index in [0.29, 0.717) is 0 Å². The van der Waals surface area contributed by atoms with Gasteiger partial charge in [-0.25, -0.2) is 8.78 Å². The second kappa shape index (κ2) is 4.70. The Morgan fingerprint density at radius 1 is 1.54 bits per heavy atom. The van der Waals surface area contributed by atoms with E-state index in [1.54, 1.807) is 0 Å². The van der Waals surface area contributed by atoms with Gasteiger partial charge < -0.3 is 15.0 Å². The number of halogens is 2. The van der Waals surface area contributed by atoms with Crippen LogP contribution in [0.1, 0.15) is 5.89 Å². The number of anilines is 1. The lowest BCUT2D eigenvalue weighted by Crippen LogP contribution is -2.07. The number of ether oxygens (including phenoxy) is 1. The van der Waals surface area contributed by atoms with Crippen LogP contribution in [0.2, 0.25) is 0 Å². The summed E-state index contributed by atoms with van der Waals surface area (Å²) in [6, 6.07) is 0. The Labute approximate surface area is 72.9 Å². The molecule has 0 unspecified atom stereocenters. The maximum absolute atomic E-state index is 11.6. The maximum Gasteiger partial charge on any atom is 0.261 e. The Balaban J connectivity index is 2.13. The summed E-state index contributed by atoms with van der Waals surface area (Å²) >= 11 is 0. The fourth-order valence-corrected chi connectivity index (χ4v) is 0.701. The highest BCUT2D eigenvalue weighted by Gasteiger charge is 2.05. The first-order valence-electron chi connectivity index (χ1n) is 3.62. The van der Waals surface area contributed by atoms with Crippen LogP contribution in [0.5, 0.6) is 0 Å². The van der Waals surface area contributed by atoms with Gasteiger partial charge in [0.2, 0.25) is 5.89 Å². The summed E-state index contributed by atoms with van der Waals surface area (Å²) < 4.78 is 32.3. The number of nitrogen functional groups attached to an aromatic ring is 1. The van der Waals surface area contributed by atoms with Gasteiger partial charge in [-0.3, -0.25) is 0 Å². The Bertz CT molecular complexity index is 254. The molecule has 0 fully saturated rings. The van der Waals surface area contributed by atoms with E-state index in [2.05, 4.69) is 19.4 Å². The number of rotatable bonds is 5. The summed E-state index contributed by atoms with van der Waals surface area (Å²) in [4.78, 5) is 3.66. The molecular formula is C6H9F2N3O2. The van der Waals surface area contributed by atoms with Crippen LogP contribution < -0.4 is 5.73 Å². The molecule has 5 nitrogen and oxygen atoms in total. The van der Waals surface area contributed by atoms with Crippen molar-refractivity contribution < 1.29 is 18.0 Å². The number of hydrogen-bond donors (Lipinski definition) is 1. The van der Waals surface area contributed by atoms with Crippen molar-refractivity contribution in [2.45, 2.75) is 12.8 Å². The molecule has 0 aromatic carbocycles. The third kappa shape index (κ3) is 3.79. The van der Waals surface area contributed by atoms with Crippen LogP contribution in [0.4, 0.5) is 14.7 Å². The third-order valence-corrected chi connectivity index (χ3v) is 1.19. The van der Waals surface area contributed by atoms with Gasteiger partial charge in [0, 0.05) is 0 Å². The molecule has 74 valence electrons. The molecule has 0 aliphatic rings. The van der Waals surface area contributed by atoms with Crippen LogP contribution in [0.15, 0.2) is 4.52 Å². The number of nitrogens with two attached hydrogens (primary N) is 1. The molecular weight excluding hydrogens is 184 g/mol. The summed E-state index contributed by atoms with van der Waals surface area (Å²) in [7, 11) is 0. The van der Waals surface area contributed by atoms with Gasteiger partial charge in [-0.2, -0.15) is 4.98 Å². The fourth-order valence-electron chi connectivity index (χ4n) is 0.701. The van der Waals surface area contributed by atoms with Crippen LogP contribution in [0.3, 0.4) is 0 Å². The zero-order chi connectivity index (χ0) is 9.68. The lowest BCUT2D eigenvalue weighted by molar-refractivity contribution is 0.0171. The van der Waals surface area contributed by atoms with Crippen molar-refractivity contribution in [3.8, 4) is 0 Å². The van der Waals surface area contributed by atoms with Gasteiger partial charge in [-0.05, 0) is 5.16 Å². The highest BCUT2D eigenvalue weighted by atomic mass is 19.3. The number of nitrogens with zero attached hydrogens (tertiary/aromatic N) is 2. The zero-order valence-electron chi connectivity index (χ0n) is 6.74. The van der Waals surface area contributed by atoms with Gasteiger partial charge in [0.1, 0.15) is 6.61 Å². The SMILES string of the molecule is Nc1noc(CCOCC(F)F)n1. The molecule has 1 aromatic rings. The zero-order valence-corrected chi connectivity index (χ0v) is 6.74. The first-order chi connectivity index (χ1) is 6.18. The van der Waals surface area contributed by atoms with Crippen LogP contribution in [-0.4, -0.2) is 29.8 Å². The predicted octanol–water partition coefficient (Wildman–Crippen LogP) is 0.476. The molecule has 0 aliphatic carbocycles. The van der Waals surface area contributed by atoms with E-state index in [1.807, 2.05) is 0 Å². The van der Waals surface area contributed by atoms with Crippen LogP contribution in [-0.2, 0) is 11.2 Å². The standard InChI is InChI=1S/C6H9F2N3O2/c7-4(8)3-12-2-1-5-10-6(9)11-13-5/h4H,1-3H2,(H2,9,11). The Kier molecular flexibility index (Phi) is 3.56. The van der Waals surface area contributed by atoms with E-state index in [0.717, 1.165) is 0 Å². The number of alkyl halides is 2. The van der Waals surface area contributed by atoms with E-state index in [9.17, 15) is 8.78 Å².